The summed E-state index contributed by atoms with van der Waals surface area (Å²) in [6.07, 6.45) is -0.547. The third-order valence-corrected chi connectivity index (χ3v) is 3.10. The molecule has 1 aromatic heterocycles. The first-order chi connectivity index (χ1) is 8.55. The first-order valence-corrected chi connectivity index (χ1v) is 5.77. The fourth-order valence-electron chi connectivity index (χ4n) is 2.01. The zero-order chi connectivity index (χ0) is 12.8. The lowest BCUT2D eigenvalue weighted by Crippen LogP contribution is -2.07. The Kier molecular flexibility index (Phi) is 2.43. The number of halogens is 3. The van der Waals surface area contributed by atoms with Crippen molar-refractivity contribution in [3.63, 3.8) is 0 Å². The Bertz CT molecular complexity index is 568. The summed E-state index contributed by atoms with van der Waals surface area (Å²) in [5.41, 5.74) is 0.389. The van der Waals surface area contributed by atoms with Gasteiger partial charge in [-0.1, -0.05) is 18.2 Å². The number of alkyl halides is 3. The number of H-pyrrole nitrogens is 1. The molecule has 0 unspecified atom stereocenters. The molecule has 1 N–H and O–H groups in total. The molecular weight excluding hydrogens is 241 g/mol. The summed E-state index contributed by atoms with van der Waals surface area (Å²) in [4.78, 5) is 7.06. The zero-order valence-electron chi connectivity index (χ0n) is 9.46. The predicted molar refractivity (Wildman–Crippen MR) is 61.0 cm³/mol. The van der Waals surface area contributed by atoms with E-state index in [1.54, 1.807) is 12.3 Å². The molecule has 1 aromatic carbocycles. The van der Waals surface area contributed by atoms with E-state index in [2.05, 4.69) is 9.97 Å². The maximum absolute atomic E-state index is 12.9. The molecule has 1 saturated carbocycles. The molecule has 0 atom stereocenters. The van der Waals surface area contributed by atoms with Crippen LogP contribution in [0.25, 0.3) is 11.4 Å². The number of nitrogens with zero attached hydrogens (tertiary/aromatic N) is 1. The molecule has 5 heteroatoms. The molecule has 1 fully saturated rings. The van der Waals surface area contributed by atoms with Gasteiger partial charge in [0.15, 0.2) is 0 Å². The summed E-state index contributed by atoms with van der Waals surface area (Å²) in [5, 5.41) is 0. The number of hydrogen-bond acceptors (Lipinski definition) is 1. The molecule has 1 heterocycles. The largest absolute Gasteiger partial charge is 0.417 e. The summed E-state index contributed by atoms with van der Waals surface area (Å²) in [6.45, 7) is 0. The maximum atomic E-state index is 12.9. The highest BCUT2D eigenvalue weighted by atomic mass is 19.4. The second-order valence-electron chi connectivity index (χ2n) is 4.50. The van der Waals surface area contributed by atoms with Crippen molar-refractivity contribution in [2.45, 2.75) is 24.9 Å². The predicted octanol–water partition coefficient (Wildman–Crippen LogP) is 3.97. The fourth-order valence-corrected chi connectivity index (χ4v) is 2.01. The summed E-state index contributed by atoms with van der Waals surface area (Å²) in [6, 6.07) is 5.49. The van der Waals surface area contributed by atoms with E-state index in [0.717, 1.165) is 24.6 Å². The molecule has 1 aliphatic rings. The van der Waals surface area contributed by atoms with Crippen molar-refractivity contribution in [3.05, 3.63) is 41.7 Å². The van der Waals surface area contributed by atoms with E-state index in [-0.39, 0.29) is 5.56 Å². The summed E-state index contributed by atoms with van der Waals surface area (Å²) >= 11 is 0. The minimum atomic E-state index is -4.36. The first-order valence-electron chi connectivity index (χ1n) is 5.77. The Morgan fingerprint density at radius 1 is 1.17 bits per heavy atom. The summed E-state index contributed by atoms with van der Waals surface area (Å²) < 4.78 is 38.6. The Labute approximate surface area is 102 Å². The topological polar surface area (TPSA) is 28.7 Å². The Balaban J connectivity index is 2.04. The van der Waals surface area contributed by atoms with Crippen molar-refractivity contribution >= 4 is 0 Å². The smallest absolute Gasteiger partial charge is 0.342 e. The van der Waals surface area contributed by atoms with Crippen LogP contribution in [0, 0.1) is 0 Å². The molecule has 0 saturated heterocycles. The van der Waals surface area contributed by atoms with Crippen molar-refractivity contribution in [3.8, 4) is 11.4 Å². The molecule has 0 radical (unpaired) electrons. The van der Waals surface area contributed by atoms with E-state index in [0.29, 0.717) is 11.7 Å². The molecular formula is C13H11F3N2. The molecule has 94 valence electrons. The third kappa shape index (κ3) is 2.00. The first kappa shape index (κ1) is 11.3. The number of imidazole rings is 1. The number of aromatic nitrogens is 2. The quantitative estimate of drug-likeness (QED) is 0.860. The normalized spacial score (nSPS) is 15.9. The average molecular weight is 252 g/mol. The number of rotatable bonds is 2. The van der Waals surface area contributed by atoms with Crippen molar-refractivity contribution in [1.82, 2.24) is 9.97 Å². The van der Waals surface area contributed by atoms with E-state index >= 15 is 0 Å². The van der Waals surface area contributed by atoms with Gasteiger partial charge in [0, 0.05) is 23.4 Å². The van der Waals surface area contributed by atoms with Crippen LogP contribution < -0.4 is 0 Å². The molecule has 0 aliphatic heterocycles. The fraction of sp³-hybridized carbons (Fsp3) is 0.308. The lowest BCUT2D eigenvalue weighted by molar-refractivity contribution is -0.137. The van der Waals surface area contributed by atoms with E-state index in [1.165, 1.54) is 12.1 Å². The third-order valence-electron chi connectivity index (χ3n) is 3.10. The van der Waals surface area contributed by atoms with Crippen LogP contribution in [0.3, 0.4) is 0 Å². The van der Waals surface area contributed by atoms with Crippen molar-refractivity contribution in [2.24, 2.45) is 0 Å². The van der Waals surface area contributed by atoms with Gasteiger partial charge in [-0.25, -0.2) is 4.98 Å². The van der Waals surface area contributed by atoms with Gasteiger partial charge in [-0.2, -0.15) is 13.2 Å². The molecule has 3 rings (SSSR count). The lowest BCUT2D eigenvalue weighted by Gasteiger charge is -2.10. The molecule has 1 aliphatic carbocycles. The van der Waals surface area contributed by atoms with Gasteiger partial charge in [0.05, 0.1) is 5.56 Å². The van der Waals surface area contributed by atoms with Crippen molar-refractivity contribution < 1.29 is 13.2 Å². The van der Waals surface area contributed by atoms with Crippen molar-refractivity contribution in [1.29, 1.82) is 0 Å². The van der Waals surface area contributed by atoms with Gasteiger partial charge >= 0.3 is 6.18 Å². The van der Waals surface area contributed by atoms with Crippen LogP contribution in [0.2, 0.25) is 0 Å². The van der Waals surface area contributed by atoms with Crippen LogP contribution in [0.5, 0.6) is 0 Å². The van der Waals surface area contributed by atoms with E-state index in [4.69, 9.17) is 0 Å². The molecule has 2 aromatic rings. The molecule has 0 spiro atoms. The molecule has 2 nitrogen and oxygen atoms in total. The van der Waals surface area contributed by atoms with Crippen LogP contribution >= 0.6 is 0 Å². The second-order valence-corrected chi connectivity index (χ2v) is 4.50. The van der Waals surface area contributed by atoms with Crippen LogP contribution in [-0.4, -0.2) is 9.97 Å². The van der Waals surface area contributed by atoms with Gasteiger partial charge in [0.2, 0.25) is 0 Å². The molecule has 0 amide bonds. The summed E-state index contributed by atoms with van der Waals surface area (Å²) in [7, 11) is 0. The zero-order valence-corrected chi connectivity index (χ0v) is 9.46. The standard InChI is InChI=1S/C13H11F3N2/c14-13(15,16)10-4-2-1-3-9(10)12-17-7-11(18-12)8-5-6-8/h1-4,7-8H,5-6H2,(H,17,18). The van der Waals surface area contributed by atoms with Gasteiger partial charge in [0.1, 0.15) is 5.82 Å². The number of nitrogens with one attached hydrogen (secondary N) is 1. The monoisotopic (exact) mass is 252 g/mol. The Morgan fingerprint density at radius 2 is 1.89 bits per heavy atom. The minimum Gasteiger partial charge on any atom is -0.342 e. The number of benzene rings is 1. The number of hydrogen-bond donors (Lipinski definition) is 1. The number of aromatic amines is 1. The Hall–Kier alpha value is -1.78. The van der Waals surface area contributed by atoms with Gasteiger partial charge < -0.3 is 4.98 Å². The maximum Gasteiger partial charge on any atom is 0.417 e. The van der Waals surface area contributed by atoms with Gasteiger partial charge in [-0.3, -0.25) is 0 Å². The van der Waals surface area contributed by atoms with Crippen LogP contribution in [0.15, 0.2) is 30.5 Å². The van der Waals surface area contributed by atoms with Crippen LogP contribution in [0.1, 0.15) is 30.0 Å². The van der Waals surface area contributed by atoms with Gasteiger partial charge in [0.25, 0.3) is 0 Å². The van der Waals surface area contributed by atoms with Crippen LogP contribution in [0.4, 0.5) is 13.2 Å². The highest BCUT2D eigenvalue weighted by molar-refractivity contribution is 5.61. The summed E-state index contributed by atoms with van der Waals surface area (Å²) in [5.74, 6) is 0.745. The average Bonchev–Trinajstić information content (AvgIpc) is 3.06. The SMILES string of the molecule is FC(F)(F)c1ccccc1-c1ncc(C2CC2)[nH]1. The van der Waals surface area contributed by atoms with E-state index in [1.807, 2.05) is 0 Å². The molecule has 18 heavy (non-hydrogen) atoms. The molecule has 0 bridgehead atoms. The van der Waals surface area contributed by atoms with Crippen LogP contribution in [-0.2, 0) is 6.18 Å². The Morgan fingerprint density at radius 3 is 2.56 bits per heavy atom. The minimum absolute atomic E-state index is 0.108. The van der Waals surface area contributed by atoms with E-state index < -0.39 is 11.7 Å². The van der Waals surface area contributed by atoms with E-state index in [9.17, 15) is 13.2 Å². The lowest BCUT2D eigenvalue weighted by atomic mass is 10.1. The highest BCUT2D eigenvalue weighted by Crippen LogP contribution is 2.41. The van der Waals surface area contributed by atoms with Gasteiger partial charge in [-0.05, 0) is 18.9 Å². The second kappa shape index (κ2) is 3.86. The highest BCUT2D eigenvalue weighted by Gasteiger charge is 2.34. The van der Waals surface area contributed by atoms with Crippen molar-refractivity contribution in [2.75, 3.05) is 0 Å². The van der Waals surface area contributed by atoms with Gasteiger partial charge in [-0.15, -0.1) is 0 Å².